The minimum Gasteiger partial charge on any atom is -0.369 e. The normalized spacial score (nSPS) is 13.1. The Labute approximate surface area is 110 Å². The highest BCUT2D eigenvalue weighted by molar-refractivity contribution is 5.73. The summed E-state index contributed by atoms with van der Waals surface area (Å²) >= 11 is 0. The SMILES string of the molecule is CCC(C)n1c(=O)n(CC)c(=O)c2c1nc(N)n2C. The smallest absolute Gasteiger partial charge is 0.332 e. The molecule has 0 saturated heterocycles. The van der Waals surface area contributed by atoms with E-state index in [0.717, 1.165) is 6.42 Å². The van der Waals surface area contributed by atoms with Crippen molar-refractivity contribution in [3.8, 4) is 0 Å². The Morgan fingerprint density at radius 3 is 2.47 bits per heavy atom. The highest BCUT2D eigenvalue weighted by atomic mass is 16.2. The molecule has 0 fully saturated rings. The lowest BCUT2D eigenvalue weighted by Crippen LogP contribution is -2.41. The molecule has 19 heavy (non-hydrogen) atoms. The number of nitrogens with two attached hydrogens (primary N) is 1. The van der Waals surface area contributed by atoms with Gasteiger partial charge in [0, 0.05) is 19.6 Å². The quantitative estimate of drug-likeness (QED) is 0.873. The molecule has 0 aliphatic carbocycles. The Morgan fingerprint density at radius 2 is 1.95 bits per heavy atom. The third-order valence-electron chi connectivity index (χ3n) is 3.57. The summed E-state index contributed by atoms with van der Waals surface area (Å²) < 4.78 is 4.30. The fourth-order valence-corrected chi connectivity index (χ4v) is 2.20. The predicted octanol–water partition coefficient (Wildman–Crippen LogP) is 0.470. The monoisotopic (exact) mass is 265 g/mol. The van der Waals surface area contributed by atoms with Crippen molar-refractivity contribution < 1.29 is 0 Å². The number of anilines is 1. The van der Waals surface area contributed by atoms with E-state index in [0.29, 0.717) is 17.7 Å². The largest absolute Gasteiger partial charge is 0.369 e. The number of aromatic nitrogens is 4. The van der Waals surface area contributed by atoms with E-state index in [9.17, 15) is 9.59 Å². The summed E-state index contributed by atoms with van der Waals surface area (Å²) in [5.41, 5.74) is 5.84. The van der Waals surface area contributed by atoms with Gasteiger partial charge in [0.2, 0.25) is 5.95 Å². The third kappa shape index (κ3) is 1.76. The third-order valence-corrected chi connectivity index (χ3v) is 3.57. The lowest BCUT2D eigenvalue weighted by molar-refractivity contribution is 0.489. The second-order valence-electron chi connectivity index (χ2n) is 4.66. The van der Waals surface area contributed by atoms with Crippen molar-refractivity contribution in [2.45, 2.75) is 39.8 Å². The molecule has 1 atom stereocenters. The molecule has 2 aromatic rings. The maximum Gasteiger partial charge on any atom is 0.332 e. The zero-order valence-electron chi connectivity index (χ0n) is 11.7. The van der Waals surface area contributed by atoms with Crippen LogP contribution >= 0.6 is 0 Å². The summed E-state index contributed by atoms with van der Waals surface area (Å²) in [4.78, 5) is 28.9. The summed E-state index contributed by atoms with van der Waals surface area (Å²) in [5.74, 6) is 0.234. The van der Waals surface area contributed by atoms with E-state index >= 15 is 0 Å². The molecule has 0 saturated carbocycles. The van der Waals surface area contributed by atoms with Crippen molar-refractivity contribution >= 4 is 17.1 Å². The average Bonchev–Trinajstić information content (AvgIpc) is 2.66. The van der Waals surface area contributed by atoms with Crippen LogP contribution in [0.25, 0.3) is 11.2 Å². The molecule has 104 valence electrons. The Bertz CT molecular complexity index is 737. The number of rotatable bonds is 3. The molecule has 0 aromatic carbocycles. The van der Waals surface area contributed by atoms with Gasteiger partial charge in [0.15, 0.2) is 11.2 Å². The van der Waals surface area contributed by atoms with Crippen LogP contribution in [0, 0.1) is 0 Å². The number of fused-ring (bicyclic) bond motifs is 1. The predicted molar refractivity (Wildman–Crippen MR) is 74.3 cm³/mol. The molecule has 2 aromatic heterocycles. The first kappa shape index (κ1) is 13.4. The number of aryl methyl sites for hydroxylation is 1. The van der Waals surface area contributed by atoms with Crippen LogP contribution in [0.5, 0.6) is 0 Å². The van der Waals surface area contributed by atoms with E-state index in [4.69, 9.17) is 5.73 Å². The molecule has 0 aliphatic rings. The first-order chi connectivity index (χ1) is 8.93. The van der Waals surface area contributed by atoms with Crippen molar-refractivity contribution in [2.75, 3.05) is 5.73 Å². The average molecular weight is 265 g/mol. The second-order valence-corrected chi connectivity index (χ2v) is 4.66. The van der Waals surface area contributed by atoms with Gasteiger partial charge in [-0.1, -0.05) is 6.92 Å². The topological polar surface area (TPSA) is 87.8 Å². The molecular formula is C12H19N5O2. The fraction of sp³-hybridized carbons (Fsp3) is 0.583. The molecule has 7 heteroatoms. The van der Waals surface area contributed by atoms with Gasteiger partial charge >= 0.3 is 5.69 Å². The molecular weight excluding hydrogens is 246 g/mol. The molecule has 1 unspecified atom stereocenters. The number of imidazole rings is 1. The fourth-order valence-electron chi connectivity index (χ4n) is 2.20. The van der Waals surface area contributed by atoms with Crippen LogP contribution in [0.2, 0.25) is 0 Å². The van der Waals surface area contributed by atoms with E-state index < -0.39 is 0 Å². The highest BCUT2D eigenvalue weighted by Gasteiger charge is 2.20. The highest BCUT2D eigenvalue weighted by Crippen LogP contribution is 2.16. The molecule has 0 aliphatic heterocycles. The molecule has 0 radical (unpaired) electrons. The second kappa shape index (κ2) is 4.56. The van der Waals surface area contributed by atoms with Gasteiger partial charge in [-0.05, 0) is 20.3 Å². The summed E-state index contributed by atoms with van der Waals surface area (Å²) in [7, 11) is 1.68. The lowest BCUT2D eigenvalue weighted by Gasteiger charge is -2.15. The van der Waals surface area contributed by atoms with Crippen molar-refractivity contribution in [1.29, 1.82) is 0 Å². The minimum absolute atomic E-state index is 0.0392. The number of nitrogen functional groups attached to an aromatic ring is 1. The van der Waals surface area contributed by atoms with Crippen LogP contribution in [0.15, 0.2) is 9.59 Å². The van der Waals surface area contributed by atoms with Gasteiger partial charge in [-0.25, -0.2) is 4.79 Å². The van der Waals surface area contributed by atoms with Crippen LogP contribution in [0.3, 0.4) is 0 Å². The van der Waals surface area contributed by atoms with Gasteiger partial charge in [0.25, 0.3) is 5.56 Å². The molecule has 7 nitrogen and oxygen atoms in total. The molecule has 0 spiro atoms. The van der Waals surface area contributed by atoms with Gasteiger partial charge < -0.3 is 10.3 Å². The van der Waals surface area contributed by atoms with Gasteiger partial charge in [-0.15, -0.1) is 0 Å². The molecule has 2 N–H and O–H groups in total. The van der Waals surface area contributed by atoms with Crippen LogP contribution in [-0.4, -0.2) is 18.7 Å². The molecule has 0 amide bonds. The maximum atomic E-state index is 12.4. The Kier molecular flexibility index (Phi) is 3.21. The van der Waals surface area contributed by atoms with Gasteiger partial charge in [0.05, 0.1) is 0 Å². The summed E-state index contributed by atoms with van der Waals surface area (Å²) in [5, 5.41) is 0. The van der Waals surface area contributed by atoms with Crippen molar-refractivity contribution in [3.63, 3.8) is 0 Å². The Hall–Kier alpha value is -2.05. The Balaban J connectivity index is 3.06. The zero-order chi connectivity index (χ0) is 14.3. The summed E-state index contributed by atoms with van der Waals surface area (Å²) in [6, 6.07) is -0.0392. The minimum atomic E-state index is -0.339. The zero-order valence-corrected chi connectivity index (χ0v) is 11.7. The standard InChI is InChI=1S/C12H19N5O2/c1-5-7(3)17-9-8(15(4)11(13)14-9)10(18)16(6-2)12(17)19/h7H,5-6H2,1-4H3,(H2,13,14). The van der Waals surface area contributed by atoms with Crippen LogP contribution < -0.4 is 17.0 Å². The van der Waals surface area contributed by atoms with E-state index in [1.165, 1.54) is 9.13 Å². The van der Waals surface area contributed by atoms with Gasteiger partial charge in [-0.3, -0.25) is 13.9 Å². The van der Waals surface area contributed by atoms with Crippen molar-refractivity contribution in [3.05, 3.63) is 20.8 Å². The molecule has 2 rings (SSSR count). The molecule has 2 heterocycles. The Morgan fingerprint density at radius 1 is 1.32 bits per heavy atom. The van der Waals surface area contributed by atoms with Crippen LogP contribution in [0.1, 0.15) is 33.2 Å². The maximum absolute atomic E-state index is 12.4. The number of nitrogens with zero attached hydrogens (tertiary/aromatic N) is 4. The summed E-state index contributed by atoms with van der Waals surface area (Å²) in [6.45, 7) is 6.01. The summed E-state index contributed by atoms with van der Waals surface area (Å²) in [6.07, 6.45) is 0.771. The van der Waals surface area contributed by atoms with E-state index in [2.05, 4.69) is 4.98 Å². The van der Waals surface area contributed by atoms with E-state index in [-0.39, 0.29) is 23.2 Å². The number of hydrogen-bond acceptors (Lipinski definition) is 4. The van der Waals surface area contributed by atoms with Gasteiger partial charge in [0.1, 0.15) is 0 Å². The first-order valence-corrected chi connectivity index (χ1v) is 6.41. The lowest BCUT2D eigenvalue weighted by atomic mass is 10.2. The first-order valence-electron chi connectivity index (χ1n) is 6.41. The molecule has 0 bridgehead atoms. The van der Waals surface area contributed by atoms with Crippen LogP contribution in [0.4, 0.5) is 5.95 Å². The van der Waals surface area contributed by atoms with Crippen LogP contribution in [-0.2, 0) is 13.6 Å². The number of hydrogen-bond donors (Lipinski definition) is 1. The van der Waals surface area contributed by atoms with E-state index in [1.54, 1.807) is 18.5 Å². The van der Waals surface area contributed by atoms with Gasteiger partial charge in [-0.2, -0.15) is 4.98 Å². The van der Waals surface area contributed by atoms with Crippen molar-refractivity contribution in [2.24, 2.45) is 7.05 Å². The van der Waals surface area contributed by atoms with E-state index in [1.807, 2.05) is 13.8 Å². The van der Waals surface area contributed by atoms with Crippen molar-refractivity contribution in [1.82, 2.24) is 18.7 Å².